The molecular weight excluding hydrogens is 438 g/mol. The van der Waals surface area contributed by atoms with Crippen molar-refractivity contribution in [1.29, 1.82) is 0 Å². The van der Waals surface area contributed by atoms with E-state index in [0.29, 0.717) is 23.8 Å². The number of nitrogens with one attached hydrogen (secondary N) is 2. The average molecular weight is 468 g/mol. The zero-order valence-electron chi connectivity index (χ0n) is 18.3. The molecule has 0 radical (unpaired) electrons. The van der Waals surface area contributed by atoms with Crippen molar-refractivity contribution < 1.29 is 28.1 Å². The molecule has 0 saturated heterocycles. The molecule has 176 valence electrons. The molecule has 2 unspecified atom stereocenters. The van der Waals surface area contributed by atoms with Crippen molar-refractivity contribution in [2.75, 3.05) is 0 Å². The van der Waals surface area contributed by atoms with Gasteiger partial charge in [-0.05, 0) is 26.2 Å². The maximum atomic E-state index is 12.5. The molecule has 0 aliphatic heterocycles. The number of amides is 2. The Hall–Kier alpha value is -2.60. The van der Waals surface area contributed by atoms with Gasteiger partial charge in [-0.25, -0.2) is 9.69 Å². The molecule has 3 N–H and O–H groups in total. The van der Waals surface area contributed by atoms with E-state index >= 15 is 0 Å². The Bertz CT molecular complexity index is 933. The van der Waals surface area contributed by atoms with Crippen LogP contribution in [0.4, 0.5) is 0 Å². The molecule has 1 fully saturated rings. The first-order chi connectivity index (χ1) is 15.4. The topological polar surface area (TPSA) is 160 Å². The molecule has 11 nitrogen and oxygen atoms in total. The Balaban J connectivity index is 1.63. The van der Waals surface area contributed by atoms with Crippen LogP contribution in [0.5, 0.6) is 0 Å². The SMILES string of the molecule is Cc1noc(C)c1S(=O)NC(=O)c1noc(C(CCCC2CCCCC2)CC(=O)NO)n1. The molecule has 1 aliphatic carbocycles. The van der Waals surface area contributed by atoms with E-state index in [1.807, 2.05) is 0 Å². The summed E-state index contributed by atoms with van der Waals surface area (Å²) >= 11 is 0. The van der Waals surface area contributed by atoms with Crippen molar-refractivity contribution in [3.05, 3.63) is 23.2 Å². The molecule has 2 amide bonds. The third-order valence-electron chi connectivity index (χ3n) is 5.78. The summed E-state index contributed by atoms with van der Waals surface area (Å²) in [7, 11) is -1.90. The van der Waals surface area contributed by atoms with E-state index < -0.39 is 28.7 Å². The Morgan fingerprint density at radius 3 is 2.59 bits per heavy atom. The summed E-state index contributed by atoms with van der Waals surface area (Å²) in [5.41, 5.74) is 2.03. The van der Waals surface area contributed by atoms with Crippen LogP contribution in [0.3, 0.4) is 0 Å². The number of carbonyl (C=O) groups excluding carboxylic acids is 2. The second kappa shape index (κ2) is 11.3. The van der Waals surface area contributed by atoms with Gasteiger partial charge < -0.3 is 9.05 Å². The minimum atomic E-state index is -1.90. The van der Waals surface area contributed by atoms with Crippen LogP contribution in [0, 0.1) is 19.8 Å². The van der Waals surface area contributed by atoms with Gasteiger partial charge in [-0.1, -0.05) is 55.3 Å². The van der Waals surface area contributed by atoms with Gasteiger partial charge >= 0.3 is 5.91 Å². The lowest BCUT2D eigenvalue weighted by Gasteiger charge is -2.22. The fraction of sp³-hybridized carbons (Fsp3) is 0.650. The summed E-state index contributed by atoms with van der Waals surface area (Å²) in [4.78, 5) is 28.6. The van der Waals surface area contributed by atoms with Crippen molar-refractivity contribution >= 4 is 22.8 Å². The van der Waals surface area contributed by atoms with Crippen LogP contribution in [-0.2, 0) is 15.8 Å². The minimum absolute atomic E-state index is 0.0462. The molecule has 32 heavy (non-hydrogen) atoms. The van der Waals surface area contributed by atoms with Gasteiger partial charge in [-0.3, -0.25) is 19.5 Å². The third kappa shape index (κ3) is 6.22. The number of hydroxylamine groups is 1. The molecule has 2 aromatic rings. The zero-order chi connectivity index (χ0) is 23.1. The van der Waals surface area contributed by atoms with Crippen LogP contribution in [0.2, 0.25) is 0 Å². The number of aryl methyl sites for hydroxylation is 2. The van der Waals surface area contributed by atoms with E-state index in [0.717, 1.165) is 12.8 Å². The normalized spacial score (nSPS) is 16.5. The molecule has 12 heteroatoms. The maximum absolute atomic E-state index is 12.5. The Morgan fingerprint density at radius 2 is 1.94 bits per heavy atom. The Labute approximate surface area is 188 Å². The fourth-order valence-electron chi connectivity index (χ4n) is 4.12. The second-order valence-electron chi connectivity index (χ2n) is 8.18. The Morgan fingerprint density at radius 1 is 1.19 bits per heavy atom. The van der Waals surface area contributed by atoms with Crippen molar-refractivity contribution in [3.8, 4) is 0 Å². The van der Waals surface area contributed by atoms with Crippen LogP contribution in [0.25, 0.3) is 0 Å². The van der Waals surface area contributed by atoms with Gasteiger partial charge in [0.25, 0.3) is 5.82 Å². The first kappa shape index (κ1) is 24.1. The van der Waals surface area contributed by atoms with E-state index in [-0.39, 0.29) is 23.0 Å². The highest BCUT2D eigenvalue weighted by Crippen LogP contribution is 2.31. The molecular formula is C20H29N5O6S. The summed E-state index contributed by atoms with van der Waals surface area (Å²) in [5.74, 6) is -0.926. The maximum Gasteiger partial charge on any atom is 0.304 e. The highest BCUT2D eigenvalue weighted by molar-refractivity contribution is 7.83. The molecule has 2 heterocycles. The van der Waals surface area contributed by atoms with Gasteiger partial charge in [0.05, 0.1) is 5.69 Å². The van der Waals surface area contributed by atoms with Gasteiger partial charge in [0, 0.05) is 12.3 Å². The monoisotopic (exact) mass is 467 g/mol. The van der Waals surface area contributed by atoms with Gasteiger partial charge in [-0.15, -0.1) is 0 Å². The minimum Gasteiger partial charge on any atom is -0.360 e. The average Bonchev–Trinajstić information content (AvgIpc) is 3.40. The molecule has 0 bridgehead atoms. The molecule has 0 spiro atoms. The summed E-state index contributed by atoms with van der Waals surface area (Å²) in [6, 6.07) is 0. The number of aromatic nitrogens is 3. The van der Waals surface area contributed by atoms with Crippen molar-refractivity contribution in [2.45, 2.75) is 82.4 Å². The smallest absolute Gasteiger partial charge is 0.304 e. The van der Waals surface area contributed by atoms with Crippen molar-refractivity contribution in [1.82, 2.24) is 25.5 Å². The zero-order valence-corrected chi connectivity index (χ0v) is 19.1. The van der Waals surface area contributed by atoms with Crippen molar-refractivity contribution in [3.63, 3.8) is 0 Å². The lowest BCUT2D eigenvalue weighted by Crippen LogP contribution is -2.27. The second-order valence-corrected chi connectivity index (χ2v) is 9.33. The summed E-state index contributed by atoms with van der Waals surface area (Å²) in [5, 5.41) is 16.3. The molecule has 2 atom stereocenters. The third-order valence-corrected chi connectivity index (χ3v) is 7.10. The van der Waals surface area contributed by atoms with E-state index in [2.05, 4.69) is 20.0 Å². The van der Waals surface area contributed by atoms with Crippen LogP contribution >= 0.6 is 0 Å². The fourth-order valence-corrected chi connectivity index (χ4v) is 5.09. The van der Waals surface area contributed by atoms with Crippen LogP contribution in [-0.4, -0.2) is 36.5 Å². The molecule has 2 aromatic heterocycles. The molecule has 1 saturated carbocycles. The summed E-state index contributed by atoms with van der Waals surface area (Å²) < 4.78 is 25.0. The number of hydrogen-bond acceptors (Lipinski definition) is 9. The lowest BCUT2D eigenvalue weighted by atomic mass is 9.84. The number of rotatable bonds is 10. The van der Waals surface area contributed by atoms with Gasteiger partial charge in [0.15, 0.2) is 16.7 Å². The van der Waals surface area contributed by atoms with E-state index in [1.54, 1.807) is 19.3 Å². The number of hydrogen-bond donors (Lipinski definition) is 3. The van der Waals surface area contributed by atoms with Crippen LogP contribution < -0.4 is 10.2 Å². The number of nitrogens with zero attached hydrogens (tertiary/aromatic N) is 3. The molecule has 0 aromatic carbocycles. The standard InChI is InChI=1S/C20H29N5O6S/c1-12-17(13(2)30-23-12)32(29)25-19(27)18-21-20(31-24-18)15(11-16(26)22-28)10-6-9-14-7-4-3-5-8-14/h14-15,28H,3-11H2,1-2H3,(H,22,26)(H,25,27). The summed E-state index contributed by atoms with van der Waals surface area (Å²) in [6.07, 6.45) is 8.77. The largest absolute Gasteiger partial charge is 0.360 e. The van der Waals surface area contributed by atoms with Gasteiger partial charge in [0.1, 0.15) is 4.90 Å². The first-order valence-corrected chi connectivity index (χ1v) is 12.0. The summed E-state index contributed by atoms with van der Waals surface area (Å²) in [6.45, 7) is 3.21. The van der Waals surface area contributed by atoms with Crippen LogP contribution in [0.1, 0.15) is 91.7 Å². The van der Waals surface area contributed by atoms with Crippen LogP contribution in [0.15, 0.2) is 13.9 Å². The van der Waals surface area contributed by atoms with Gasteiger partial charge in [0.2, 0.25) is 11.8 Å². The van der Waals surface area contributed by atoms with E-state index in [9.17, 15) is 13.8 Å². The molecule has 3 rings (SSSR count). The van der Waals surface area contributed by atoms with Gasteiger partial charge in [-0.2, -0.15) is 4.98 Å². The van der Waals surface area contributed by atoms with E-state index in [4.69, 9.17) is 14.3 Å². The van der Waals surface area contributed by atoms with Crippen molar-refractivity contribution in [2.24, 2.45) is 5.92 Å². The Kier molecular flexibility index (Phi) is 8.51. The first-order valence-electron chi connectivity index (χ1n) is 10.8. The lowest BCUT2D eigenvalue weighted by molar-refractivity contribution is -0.129. The highest BCUT2D eigenvalue weighted by Gasteiger charge is 2.26. The number of carbonyl (C=O) groups is 2. The predicted octanol–water partition coefficient (Wildman–Crippen LogP) is 2.86. The highest BCUT2D eigenvalue weighted by atomic mass is 32.2. The predicted molar refractivity (Wildman–Crippen MR) is 112 cm³/mol. The molecule has 1 aliphatic rings. The quantitative estimate of drug-likeness (QED) is 0.352. The van der Waals surface area contributed by atoms with E-state index in [1.165, 1.54) is 32.1 Å².